The van der Waals surface area contributed by atoms with Gasteiger partial charge in [-0.3, -0.25) is 14.1 Å². The normalized spacial score (nSPS) is 15.1. The summed E-state index contributed by atoms with van der Waals surface area (Å²) >= 11 is 0. The zero-order valence-electron chi connectivity index (χ0n) is 16.4. The zero-order valence-corrected chi connectivity index (χ0v) is 17.2. The largest absolute Gasteiger partial charge is 0.462 e. The third-order valence-corrected chi connectivity index (χ3v) is 5.30. The van der Waals surface area contributed by atoms with Crippen LogP contribution in [0.2, 0.25) is 0 Å². The predicted molar refractivity (Wildman–Crippen MR) is 99.3 cm³/mol. The van der Waals surface area contributed by atoms with Gasteiger partial charge in [0.2, 0.25) is 0 Å². The minimum Gasteiger partial charge on any atom is -0.462 e. The van der Waals surface area contributed by atoms with E-state index in [0.29, 0.717) is 25.7 Å². The van der Waals surface area contributed by atoms with Crippen molar-refractivity contribution >= 4 is 22.1 Å². The highest BCUT2D eigenvalue weighted by molar-refractivity contribution is 7.87. The Morgan fingerprint density at radius 1 is 0.885 bits per heavy atom. The maximum atomic E-state index is 12.2. The van der Waals surface area contributed by atoms with E-state index in [1.54, 1.807) is 0 Å². The van der Waals surface area contributed by atoms with Crippen molar-refractivity contribution in [1.29, 1.82) is 0 Å². The van der Waals surface area contributed by atoms with Crippen molar-refractivity contribution in [2.75, 3.05) is 0 Å². The Kier molecular flexibility index (Phi) is 12.5. The lowest BCUT2D eigenvalue weighted by molar-refractivity contribution is -0.156. The molecule has 0 amide bonds. The second-order valence-corrected chi connectivity index (χ2v) is 8.08. The first kappa shape index (κ1) is 24.8. The molecule has 0 aromatic heterocycles. The standard InChI is InChI=1S/C18H34O7S/c1-5-9-11-14(7-3)24-17(19)13-16(26(21,22)23)18(20)25-15(8-4)12-10-6-2/h14-16H,5-13H2,1-4H3,(H,21,22,23). The molecule has 3 unspecified atom stereocenters. The summed E-state index contributed by atoms with van der Waals surface area (Å²) < 4.78 is 42.9. The van der Waals surface area contributed by atoms with Crippen molar-refractivity contribution in [3.05, 3.63) is 0 Å². The number of unbranched alkanes of at least 4 members (excludes halogenated alkanes) is 2. The summed E-state index contributed by atoms with van der Waals surface area (Å²) in [5.74, 6) is -1.93. The van der Waals surface area contributed by atoms with Gasteiger partial charge in [-0.15, -0.1) is 0 Å². The maximum Gasteiger partial charge on any atom is 0.327 e. The van der Waals surface area contributed by atoms with Crippen molar-refractivity contribution in [2.45, 2.75) is 103 Å². The molecule has 0 aliphatic carbocycles. The van der Waals surface area contributed by atoms with Gasteiger partial charge in [-0.2, -0.15) is 8.42 Å². The Bertz CT molecular complexity index is 516. The highest BCUT2D eigenvalue weighted by Gasteiger charge is 2.37. The van der Waals surface area contributed by atoms with Crippen LogP contribution in [0.5, 0.6) is 0 Å². The minimum absolute atomic E-state index is 0.325. The summed E-state index contributed by atoms with van der Waals surface area (Å²) in [4.78, 5) is 24.3. The van der Waals surface area contributed by atoms with Crippen LogP contribution in [0, 0.1) is 0 Å². The van der Waals surface area contributed by atoms with Gasteiger partial charge in [0.15, 0.2) is 5.25 Å². The Balaban J connectivity index is 4.93. The summed E-state index contributed by atoms with van der Waals surface area (Å²) in [7, 11) is -4.77. The Labute approximate surface area is 157 Å². The van der Waals surface area contributed by atoms with Crippen LogP contribution >= 0.6 is 0 Å². The fraction of sp³-hybridized carbons (Fsp3) is 0.889. The van der Waals surface area contributed by atoms with E-state index in [2.05, 4.69) is 0 Å². The zero-order chi connectivity index (χ0) is 20.2. The van der Waals surface area contributed by atoms with Crippen LogP contribution in [0.3, 0.4) is 0 Å². The van der Waals surface area contributed by atoms with E-state index in [1.165, 1.54) is 0 Å². The lowest BCUT2D eigenvalue weighted by Gasteiger charge is -2.20. The fourth-order valence-corrected chi connectivity index (χ4v) is 3.14. The fourth-order valence-electron chi connectivity index (χ4n) is 2.49. The van der Waals surface area contributed by atoms with Crippen molar-refractivity contribution in [3.8, 4) is 0 Å². The molecular formula is C18H34O7S. The van der Waals surface area contributed by atoms with Gasteiger partial charge in [0.25, 0.3) is 10.1 Å². The second-order valence-electron chi connectivity index (χ2n) is 6.48. The predicted octanol–water partition coefficient (Wildman–Crippen LogP) is 3.66. The molecule has 0 aliphatic heterocycles. The van der Waals surface area contributed by atoms with E-state index >= 15 is 0 Å². The van der Waals surface area contributed by atoms with E-state index in [9.17, 15) is 22.6 Å². The van der Waals surface area contributed by atoms with Gasteiger partial charge < -0.3 is 9.47 Å². The van der Waals surface area contributed by atoms with Gasteiger partial charge in [-0.05, 0) is 25.7 Å². The summed E-state index contributed by atoms with van der Waals surface area (Å²) in [6.45, 7) is 7.70. The molecule has 0 saturated heterocycles. The molecule has 0 fully saturated rings. The molecule has 0 aliphatic rings. The topological polar surface area (TPSA) is 107 Å². The third kappa shape index (κ3) is 10.1. The van der Waals surface area contributed by atoms with Gasteiger partial charge >= 0.3 is 11.9 Å². The molecular weight excluding hydrogens is 360 g/mol. The monoisotopic (exact) mass is 394 g/mol. The summed E-state index contributed by atoms with van der Waals surface area (Å²) in [6.07, 6.45) is 4.48. The molecule has 0 aromatic rings. The van der Waals surface area contributed by atoms with Crippen LogP contribution in [0.15, 0.2) is 0 Å². The van der Waals surface area contributed by atoms with E-state index in [1.807, 2.05) is 27.7 Å². The molecule has 0 aromatic carbocycles. The molecule has 154 valence electrons. The van der Waals surface area contributed by atoms with E-state index < -0.39 is 39.8 Å². The Morgan fingerprint density at radius 2 is 1.35 bits per heavy atom. The van der Waals surface area contributed by atoms with Crippen LogP contribution in [-0.2, 0) is 29.2 Å². The molecule has 26 heavy (non-hydrogen) atoms. The van der Waals surface area contributed by atoms with Crippen LogP contribution < -0.4 is 0 Å². The van der Waals surface area contributed by atoms with Gasteiger partial charge in [0.05, 0.1) is 6.42 Å². The van der Waals surface area contributed by atoms with Crippen LogP contribution in [-0.4, -0.2) is 42.4 Å². The van der Waals surface area contributed by atoms with Gasteiger partial charge in [-0.1, -0.05) is 53.4 Å². The molecule has 8 heteroatoms. The lowest BCUT2D eigenvalue weighted by Crippen LogP contribution is -2.37. The van der Waals surface area contributed by atoms with E-state index in [4.69, 9.17) is 9.47 Å². The molecule has 1 N–H and O–H groups in total. The SMILES string of the molecule is CCCCC(CC)OC(=O)CC(C(=O)OC(CC)CCCC)S(=O)(=O)O. The Morgan fingerprint density at radius 3 is 1.73 bits per heavy atom. The number of carbonyl (C=O) groups is 2. The summed E-state index contributed by atoms with van der Waals surface area (Å²) in [5, 5.41) is -1.95. The van der Waals surface area contributed by atoms with E-state index in [0.717, 1.165) is 25.7 Å². The molecule has 0 radical (unpaired) electrons. The van der Waals surface area contributed by atoms with E-state index in [-0.39, 0.29) is 6.10 Å². The van der Waals surface area contributed by atoms with Crippen LogP contribution in [0.25, 0.3) is 0 Å². The van der Waals surface area contributed by atoms with Crippen molar-refractivity contribution in [3.63, 3.8) is 0 Å². The number of hydrogen-bond donors (Lipinski definition) is 1. The molecule has 7 nitrogen and oxygen atoms in total. The first-order valence-electron chi connectivity index (χ1n) is 9.55. The number of hydrogen-bond acceptors (Lipinski definition) is 6. The number of esters is 2. The average molecular weight is 395 g/mol. The lowest BCUT2D eigenvalue weighted by atomic mass is 10.1. The van der Waals surface area contributed by atoms with Crippen LogP contribution in [0.4, 0.5) is 0 Å². The molecule has 3 atom stereocenters. The molecule has 0 saturated carbocycles. The molecule has 0 rings (SSSR count). The average Bonchev–Trinajstić information content (AvgIpc) is 2.58. The summed E-state index contributed by atoms with van der Waals surface area (Å²) in [6, 6.07) is 0. The van der Waals surface area contributed by atoms with Gasteiger partial charge in [-0.25, -0.2) is 0 Å². The maximum absolute atomic E-state index is 12.2. The number of ether oxygens (including phenoxy) is 2. The van der Waals surface area contributed by atoms with Crippen LogP contribution in [0.1, 0.15) is 85.5 Å². The third-order valence-electron chi connectivity index (χ3n) is 4.23. The molecule has 0 heterocycles. The first-order chi connectivity index (χ1) is 12.2. The summed E-state index contributed by atoms with van der Waals surface area (Å²) in [5.41, 5.74) is 0. The second kappa shape index (κ2) is 13.1. The molecule has 0 bridgehead atoms. The Hall–Kier alpha value is -1.15. The molecule has 0 spiro atoms. The highest BCUT2D eigenvalue weighted by Crippen LogP contribution is 2.16. The quantitative estimate of drug-likeness (QED) is 0.354. The highest BCUT2D eigenvalue weighted by atomic mass is 32.2. The van der Waals surface area contributed by atoms with Gasteiger partial charge in [0, 0.05) is 0 Å². The first-order valence-corrected chi connectivity index (χ1v) is 11.1. The smallest absolute Gasteiger partial charge is 0.327 e. The minimum atomic E-state index is -4.77. The number of carbonyl (C=O) groups excluding carboxylic acids is 2. The van der Waals surface area contributed by atoms with Crippen molar-refractivity contribution < 1.29 is 32.0 Å². The van der Waals surface area contributed by atoms with Gasteiger partial charge in [0.1, 0.15) is 12.2 Å². The van der Waals surface area contributed by atoms with Crippen molar-refractivity contribution in [1.82, 2.24) is 0 Å². The van der Waals surface area contributed by atoms with Crippen molar-refractivity contribution in [2.24, 2.45) is 0 Å². The number of rotatable bonds is 14.